The Bertz CT molecular complexity index is 410. The lowest BCUT2D eigenvalue weighted by atomic mass is 9.83. The summed E-state index contributed by atoms with van der Waals surface area (Å²) in [5.41, 5.74) is 0.0663. The quantitative estimate of drug-likeness (QED) is 0.918. The van der Waals surface area contributed by atoms with E-state index in [1.165, 1.54) is 11.3 Å². The van der Waals surface area contributed by atoms with Crippen LogP contribution in [0.2, 0.25) is 0 Å². The van der Waals surface area contributed by atoms with Gasteiger partial charge in [0.25, 0.3) is 0 Å². The van der Waals surface area contributed by atoms with Crippen molar-refractivity contribution in [2.75, 3.05) is 26.8 Å². The lowest BCUT2D eigenvalue weighted by Crippen LogP contribution is -2.42. The van der Waals surface area contributed by atoms with Crippen molar-refractivity contribution >= 4 is 27.3 Å². The highest BCUT2D eigenvalue weighted by molar-refractivity contribution is 9.10. The number of aliphatic hydroxyl groups is 1. The summed E-state index contributed by atoms with van der Waals surface area (Å²) in [4.78, 5) is 3.73. The number of ether oxygens (including phenoxy) is 1. The molecule has 0 saturated carbocycles. The van der Waals surface area contributed by atoms with Crippen molar-refractivity contribution in [2.45, 2.75) is 26.3 Å². The van der Waals surface area contributed by atoms with E-state index in [1.54, 1.807) is 18.4 Å². The van der Waals surface area contributed by atoms with Crippen LogP contribution < -0.4 is 4.74 Å². The molecule has 1 fully saturated rings. The summed E-state index contributed by atoms with van der Waals surface area (Å²) < 4.78 is 6.32. The van der Waals surface area contributed by atoms with Crippen LogP contribution in [0.5, 0.6) is 5.06 Å². The normalized spacial score (nSPS) is 25.3. The molecule has 1 aromatic heterocycles. The summed E-state index contributed by atoms with van der Waals surface area (Å²) in [5, 5.41) is 10.4. The summed E-state index contributed by atoms with van der Waals surface area (Å²) in [7, 11) is 1.70. The van der Waals surface area contributed by atoms with Gasteiger partial charge >= 0.3 is 0 Å². The minimum atomic E-state index is 0.0663. The summed E-state index contributed by atoms with van der Waals surface area (Å²) in [5.74, 6) is 0. The molecule has 1 atom stereocenters. The number of nitrogens with zero attached hydrogens (tertiary/aromatic N) is 1. The molecule has 1 N–H and O–H groups in total. The first-order valence-electron chi connectivity index (χ1n) is 6.22. The predicted octanol–water partition coefficient (Wildman–Crippen LogP) is 3.11. The third-order valence-electron chi connectivity index (χ3n) is 3.51. The van der Waals surface area contributed by atoms with E-state index < -0.39 is 0 Å². The molecule has 1 aliphatic heterocycles. The number of halogens is 1. The zero-order valence-corrected chi connectivity index (χ0v) is 13.3. The largest absolute Gasteiger partial charge is 0.486 e. The minimum Gasteiger partial charge on any atom is -0.486 e. The molecule has 0 bridgehead atoms. The predicted molar refractivity (Wildman–Crippen MR) is 78.3 cm³/mol. The number of hydrogen-bond acceptors (Lipinski definition) is 4. The molecule has 5 heteroatoms. The Balaban J connectivity index is 2.00. The van der Waals surface area contributed by atoms with Gasteiger partial charge in [-0.15, -0.1) is 11.3 Å². The van der Waals surface area contributed by atoms with E-state index in [4.69, 9.17) is 4.74 Å². The third-order valence-corrected chi connectivity index (χ3v) is 5.45. The van der Waals surface area contributed by atoms with E-state index in [9.17, 15) is 5.11 Å². The zero-order valence-electron chi connectivity index (χ0n) is 10.9. The highest BCUT2D eigenvalue weighted by atomic mass is 79.9. The Morgan fingerprint density at radius 3 is 3.00 bits per heavy atom. The van der Waals surface area contributed by atoms with Gasteiger partial charge in [-0.25, -0.2) is 0 Å². The third kappa shape index (κ3) is 3.26. The van der Waals surface area contributed by atoms with E-state index in [2.05, 4.69) is 33.8 Å². The number of likely N-dealkylation sites (tertiary alicyclic amines) is 1. The molecule has 1 aromatic rings. The van der Waals surface area contributed by atoms with E-state index in [-0.39, 0.29) is 12.0 Å². The number of methoxy groups -OCH3 is 1. The molecule has 0 radical (unpaired) electrons. The van der Waals surface area contributed by atoms with Gasteiger partial charge < -0.3 is 9.84 Å². The molecule has 3 nitrogen and oxygen atoms in total. The van der Waals surface area contributed by atoms with Crippen LogP contribution in [0.1, 0.15) is 24.6 Å². The van der Waals surface area contributed by atoms with Crippen LogP contribution in [0.25, 0.3) is 0 Å². The Kier molecular flexibility index (Phi) is 4.69. The topological polar surface area (TPSA) is 32.7 Å². The standard InChI is InChI=1S/C13H20BrNO2S/c1-13(9-16)4-3-5-15(8-13)7-10-6-11(14)12(17-2)18-10/h6,16H,3-5,7-9H2,1-2H3. The molecule has 0 aromatic carbocycles. The number of hydrogen-bond donors (Lipinski definition) is 1. The second kappa shape index (κ2) is 5.90. The molecule has 2 heterocycles. The van der Waals surface area contributed by atoms with Crippen molar-refractivity contribution in [3.63, 3.8) is 0 Å². The van der Waals surface area contributed by atoms with Gasteiger partial charge in [0.05, 0.1) is 11.6 Å². The molecule has 0 amide bonds. The minimum absolute atomic E-state index is 0.0663. The maximum Gasteiger partial charge on any atom is 0.188 e. The molecule has 1 unspecified atom stereocenters. The Labute approximate surface area is 121 Å². The van der Waals surface area contributed by atoms with Crippen LogP contribution in [-0.2, 0) is 6.54 Å². The molecule has 1 aliphatic rings. The van der Waals surface area contributed by atoms with Gasteiger partial charge in [-0.2, -0.15) is 0 Å². The van der Waals surface area contributed by atoms with Crippen LogP contribution in [0.4, 0.5) is 0 Å². The smallest absolute Gasteiger partial charge is 0.188 e. The fraction of sp³-hybridized carbons (Fsp3) is 0.692. The molecule has 0 spiro atoms. The second-order valence-corrected chi connectivity index (χ2v) is 7.29. The Morgan fingerprint density at radius 1 is 1.61 bits per heavy atom. The monoisotopic (exact) mass is 333 g/mol. The number of thiophene rings is 1. The van der Waals surface area contributed by atoms with Gasteiger partial charge in [-0.1, -0.05) is 6.92 Å². The van der Waals surface area contributed by atoms with Crippen LogP contribution in [0.3, 0.4) is 0 Å². The Hall–Kier alpha value is -0.100. The van der Waals surface area contributed by atoms with Crippen molar-refractivity contribution in [3.05, 3.63) is 15.4 Å². The number of aliphatic hydroxyl groups excluding tert-OH is 1. The second-order valence-electron chi connectivity index (χ2n) is 5.34. The fourth-order valence-corrected chi connectivity index (χ4v) is 4.26. The highest BCUT2D eigenvalue weighted by Gasteiger charge is 2.30. The van der Waals surface area contributed by atoms with Crippen molar-refractivity contribution in [3.8, 4) is 5.06 Å². The van der Waals surface area contributed by atoms with Gasteiger partial charge in [0.2, 0.25) is 0 Å². The number of piperidine rings is 1. The molecular weight excluding hydrogens is 314 g/mol. The molecule has 0 aliphatic carbocycles. The van der Waals surface area contributed by atoms with E-state index in [1.807, 2.05) is 0 Å². The average molecular weight is 334 g/mol. The molecule has 18 heavy (non-hydrogen) atoms. The van der Waals surface area contributed by atoms with Crippen molar-refractivity contribution in [2.24, 2.45) is 5.41 Å². The van der Waals surface area contributed by atoms with E-state index in [0.717, 1.165) is 35.6 Å². The molecule has 1 saturated heterocycles. The van der Waals surface area contributed by atoms with Crippen LogP contribution >= 0.6 is 27.3 Å². The summed E-state index contributed by atoms with van der Waals surface area (Å²) >= 11 is 5.19. The number of rotatable bonds is 4. The molecular formula is C13H20BrNO2S. The van der Waals surface area contributed by atoms with Gasteiger partial charge in [-0.3, -0.25) is 4.90 Å². The maximum absolute atomic E-state index is 9.47. The van der Waals surface area contributed by atoms with Crippen LogP contribution in [-0.4, -0.2) is 36.8 Å². The Morgan fingerprint density at radius 2 is 2.39 bits per heavy atom. The van der Waals surface area contributed by atoms with Gasteiger partial charge in [0, 0.05) is 30.0 Å². The lowest BCUT2D eigenvalue weighted by Gasteiger charge is -2.39. The molecule has 2 rings (SSSR count). The van der Waals surface area contributed by atoms with Crippen LogP contribution in [0.15, 0.2) is 10.5 Å². The maximum atomic E-state index is 9.47. The molecule has 102 valence electrons. The summed E-state index contributed by atoms with van der Waals surface area (Å²) in [6.45, 7) is 5.49. The first kappa shape index (κ1) is 14.3. The average Bonchev–Trinajstić information content (AvgIpc) is 2.69. The first-order valence-corrected chi connectivity index (χ1v) is 7.83. The van der Waals surface area contributed by atoms with Gasteiger partial charge in [0.1, 0.15) is 0 Å². The fourth-order valence-electron chi connectivity index (χ4n) is 2.53. The van der Waals surface area contributed by atoms with E-state index in [0.29, 0.717) is 0 Å². The first-order chi connectivity index (χ1) is 8.56. The van der Waals surface area contributed by atoms with Gasteiger partial charge in [0.15, 0.2) is 5.06 Å². The summed E-state index contributed by atoms with van der Waals surface area (Å²) in [6.07, 6.45) is 2.29. The lowest BCUT2D eigenvalue weighted by molar-refractivity contribution is 0.0434. The summed E-state index contributed by atoms with van der Waals surface area (Å²) in [6, 6.07) is 2.13. The van der Waals surface area contributed by atoms with E-state index >= 15 is 0 Å². The van der Waals surface area contributed by atoms with Crippen molar-refractivity contribution < 1.29 is 9.84 Å². The zero-order chi connectivity index (χ0) is 13.2. The van der Waals surface area contributed by atoms with Crippen LogP contribution in [0, 0.1) is 5.41 Å². The van der Waals surface area contributed by atoms with Gasteiger partial charge in [-0.05, 0) is 41.4 Å². The highest BCUT2D eigenvalue weighted by Crippen LogP contribution is 2.36. The van der Waals surface area contributed by atoms with Crippen molar-refractivity contribution in [1.82, 2.24) is 4.90 Å². The SMILES string of the molecule is COc1sc(CN2CCCC(C)(CO)C2)cc1Br. The van der Waals surface area contributed by atoms with Crippen molar-refractivity contribution in [1.29, 1.82) is 0 Å².